The van der Waals surface area contributed by atoms with Gasteiger partial charge in [-0.25, -0.2) is 8.42 Å². The number of halogens is 2. The molecule has 3 rings (SSSR count). The highest BCUT2D eigenvalue weighted by molar-refractivity contribution is 7.92. The third kappa shape index (κ3) is 7.90. The maximum Gasteiger partial charge on any atom is 0.264 e. The van der Waals surface area contributed by atoms with Crippen molar-refractivity contribution < 1.29 is 22.7 Å². The number of methoxy groups -OCH3 is 1. The van der Waals surface area contributed by atoms with E-state index in [0.29, 0.717) is 33.6 Å². The summed E-state index contributed by atoms with van der Waals surface area (Å²) in [6.07, 6.45) is 1.69. The van der Waals surface area contributed by atoms with Gasteiger partial charge in [-0.3, -0.25) is 13.9 Å². The van der Waals surface area contributed by atoms with Crippen molar-refractivity contribution in [1.82, 2.24) is 10.2 Å². The third-order valence-corrected chi connectivity index (χ3v) is 8.83. The van der Waals surface area contributed by atoms with E-state index in [-0.39, 0.29) is 17.3 Å². The van der Waals surface area contributed by atoms with Gasteiger partial charge in [-0.1, -0.05) is 60.8 Å². The van der Waals surface area contributed by atoms with Gasteiger partial charge < -0.3 is 15.0 Å². The number of nitrogens with zero attached hydrogens (tertiary/aromatic N) is 2. The van der Waals surface area contributed by atoms with Gasteiger partial charge in [-0.2, -0.15) is 0 Å². The molecular formula is C29H33Cl2N3O5S. The molecule has 0 radical (unpaired) electrons. The molecule has 8 nitrogen and oxygen atoms in total. The molecule has 3 aromatic rings. The number of anilines is 1. The zero-order valence-corrected chi connectivity index (χ0v) is 25.0. The monoisotopic (exact) mass is 605 g/mol. The minimum absolute atomic E-state index is 0.00802. The van der Waals surface area contributed by atoms with Gasteiger partial charge in [-0.05, 0) is 67.4 Å². The molecule has 0 bridgehead atoms. The topological polar surface area (TPSA) is 96.0 Å². The zero-order chi connectivity index (χ0) is 29.3. The second kappa shape index (κ2) is 14.4. The predicted molar refractivity (Wildman–Crippen MR) is 158 cm³/mol. The molecule has 214 valence electrons. The average molecular weight is 607 g/mol. The first-order valence-corrected chi connectivity index (χ1v) is 15.0. The number of hydrogen-bond acceptors (Lipinski definition) is 5. The lowest BCUT2D eigenvalue weighted by Crippen LogP contribution is -2.51. The maximum atomic E-state index is 13.9. The molecule has 0 aromatic heterocycles. The van der Waals surface area contributed by atoms with Crippen LogP contribution < -0.4 is 14.4 Å². The molecule has 3 aromatic carbocycles. The molecule has 0 aliphatic carbocycles. The minimum Gasteiger partial charge on any atom is -0.497 e. The van der Waals surface area contributed by atoms with E-state index in [9.17, 15) is 18.0 Å². The number of sulfonamides is 1. The van der Waals surface area contributed by atoms with Crippen LogP contribution >= 0.6 is 23.2 Å². The lowest BCUT2D eigenvalue weighted by atomic mass is 10.1. The molecule has 40 heavy (non-hydrogen) atoms. The van der Waals surface area contributed by atoms with Crippen molar-refractivity contribution >= 4 is 50.7 Å². The number of ether oxygens (including phenoxy) is 1. The maximum absolute atomic E-state index is 13.9. The molecule has 0 spiro atoms. The minimum atomic E-state index is -4.17. The summed E-state index contributed by atoms with van der Waals surface area (Å²) in [5.41, 5.74) is 0.946. The fourth-order valence-electron chi connectivity index (χ4n) is 3.95. The molecule has 0 saturated heterocycles. The summed E-state index contributed by atoms with van der Waals surface area (Å²) in [6.45, 7) is 3.57. The summed E-state index contributed by atoms with van der Waals surface area (Å²) in [6, 6.07) is 18.3. The van der Waals surface area contributed by atoms with E-state index in [2.05, 4.69) is 5.32 Å². The normalized spacial score (nSPS) is 11.9. The smallest absolute Gasteiger partial charge is 0.264 e. The first-order valence-electron chi connectivity index (χ1n) is 12.8. The molecule has 1 atom stereocenters. The van der Waals surface area contributed by atoms with Crippen LogP contribution in [0.1, 0.15) is 32.3 Å². The molecule has 1 N–H and O–H groups in total. The van der Waals surface area contributed by atoms with Crippen LogP contribution in [0, 0.1) is 0 Å². The summed E-state index contributed by atoms with van der Waals surface area (Å²) in [4.78, 5) is 28.3. The van der Waals surface area contributed by atoms with E-state index in [1.165, 1.54) is 36.3 Å². The lowest BCUT2D eigenvalue weighted by Gasteiger charge is -2.32. The van der Waals surface area contributed by atoms with E-state index < -0.39 is 28.5 Å². The summed E-state index contributed by atoms with van der Waals surface area (Å²) in [7, 11) is -2.68. The van der Waals surface area contributed by atoms with Gasteiger partial charge in [0.1, 0.15) is 18.3 Å². The second-order valence-electron chi connectivity index (χ2n) is 9.11. The van der Waals surface area contributed by atoms with Crippen molar-refractivity contribution in [2.24, 2.45) is 0 Å². The van der Waals surface area contributed by atoms with Crippen LogP contribution in [0.25, 0.3) is 0 Å². The summed E-state index contributed by atoms with van der Waals surface area (Å²) in [5.74, 6) is -0.409. The molecule has 0 saturated carbocycles. The Bertz CT molecular complexity index is 1400. The standard InChI is InChI=1S/C29H33Cl2N3O5S/c1-4-5-17-32-29(36)21(2)33(19-22-11-16-26(30)27(31)18-22)28(35)20-34(23-9-7-6-8-10-23)40(37,38)25-14-12-24(39-3)13-15-25/h6-16,18,21H,4-5,17,19-20H2,1-3H3,(H,32,36). The molecule has 2 amide bonds. The Kier molecular flexibility index (Phi) is 11.2. The van der Waals surface area contributed by atoms with Gasteiger partial charge >= 0.3 is 0 Å². The number of carbonyl (C=O) groups excluding carboxylic acids is 2. The molecule has 0 fully saturated rings. The SMILES string of the molecule is CCCCNC(=O)C(C)N(Cc1ccc(Cl)c(Cl)c1)C(=O)CN(c1ccccc1)S(=O)(=O)c1ccc(OC)cc1. The highest BCUT2D eigenvalue weighted by atomic mass is 35.5. The number of nitrogens with one attached hydrogen (secondary N) is 1. The molecule has 1 unspecified atom stereocenters. The van der Waals surface area contributed by atoms with E-state index in [0.717, 1.165) is 17.1 Å². The molecular weight excluding hydrogens is 573 g/mol. The van der Waals surface area contributed by atoms with Crippen molar-refractivity contribution in [3.8, 4) is 5.75 Å². The molecule has 0 aliphatic heterocycles. The summed E-state index contributed by atoms with van der Waals surface area (Å²) >= 11 is 12.3. The van der Waals surface area contributed by atoms with Crippen LogP contribution in [0.3, 0.4) is 0 Å². The summed E-state index contributed by atoms with van der Waals surface area (Å²) in [5, 5.41) is 3.51. The predicted octanol–water partition coefficient (Wildman–Crippen LogP) is 5.53. The van der Waals surface area contributed by atoms with Crippen LogP contribution in [0.4, 0.5) is 5.69 Å². The lowest BCUT2D eigenvalue weighted by molar-refractivity contribution is -0.139. The van der Waals surface area contributed by atoms with Gasteiger partial charge in [0.05, 0.1) is 27.7 Å². The van der Waals surface area contributed by atoms with Gasteiger partial charge in [0.25, 0.3) is 10.0 Å². The van der Waals surface area contributed by atoms with Gasteiger partial charge in [0.2, 0.25) is 11.8 Å². The van der Waals surface area contributed by atoms with Crippen molar-refractivity contribution in [2.45, 2.75) is 44.2 Å². The first kappa shape index (κ1) is 31.3. The number of rotatable bonds is 13. The number of unbranched alkanes of at least 4 members (excludes halogenated alkanes) is 1. The van der Waals surface area contributed by atoms with E-state index in [1.807, 2.05) is 6.92 Å². The Labute approximate surface area is 245 Å². The van der Waals surface area contributed by atoms with Crippen LogP contribution in [-0.4, -0.2) is 51.4 Å². The second-order valence-corrected chi connectivity index (χ2v) is 11.8. The highest BCUT2D eigenvalue weighted by Crippen LogP contribution is 2.27. The third-order valence-electron chi connectivity index (χ3n) is 6.30. The first-order chi connectivity index (χ1) is 19.1. The largest absolute Gasteiger partial charge is 0.497 e. The van der Waals surface area contributed by atoms with Crippen molar-refractivity contribution in [2.75, 3.05) is 24.5 Å². The van der Waals surface area contributed by atoms with Crippen LogP contribution in [0.5, 0.6) is 5.75 Å². The molecule has 0 aliphatic rings. The zero-order valence-electron chi connectivity index (χ0n) is 22.6. The van der Waals surface area contributed by atoms with E-state index in [1.54, 1.807) is 55.5 Å². The Balaban J connectivity index is 1.99. The summed E-state index contributed by atoms with van der Waals surface area (Å²) < 4.78 is 33.8. The quantitative estimate of drug-likeness (QED) is 0.258. The number of benzene rings is 3. The highest BCUT2D eigenvalue weighted by Gasteiger charge is 2.32. The van der Waals surface area contributed by atoms with E-state index in [4.69, 9.17) is 27.9 Å². The van der Waals surface area contributed by atoms with Crippen molar-refractivity contribution in [1.29, 1.82) is 0 Å². The Morgan fingerprint density at radius 3 is 2.25 bits per heavy atom. The van der Waals surface area contributed by atoms with Gasteiger partial charge in [0, 0.05) is 13.1 Å². The van der Waals surface area contributed by atoms with E-state index >= 15 is 0 Å². The Morgan fingerprint density at radius 1 is 0.975 bits per heavy atom. The van der Waals surface area contributed by atoms with Crippen LogP contribution in [-0.2, 0) is 26.2 Å². The fraction of sp³-hybridized carbons (Fsp3) is 0.310. The van der Waals surface area contributed by atoms with Crippen LogP contribution in [0.15, 0.2) is 77.7 Å². The molecule has 11 heteroatoms. The van der Waals surface area contributed by atoms with Gasteiger partial charge in [0.15, 0.2) is 0 Å². The Morgan fingerprint density at radius 2 is 1.65 bits per heavy atom. The fourth-order valence-corrected chi connectivity index (χ4v) is 5.69. The number of amides is 2. The van der Waals surface area contributed by atoms with Gasteiger partial charge in [-0.15, -0.1) is 0 Å². The number of hydrogen-bond donors (Lipinski definition) is 1. The van der Waals surface area contributed by atoms with Crippen molar-refractivity contribution in [3.05, 3.63) is 88.4 Å². The Hall–Kier alpha value is -3.27. The number of carbonyl (C=O) groups is 2. The average Bonchev–Trinajstić information content (AvgIpc) is 2.96. The van der Waals surface area contributed by atoms with Crippen LogP contribution in [0.2, 0.25) is 10.0 Å². The molecule has 0 heterocycles. The number of para-hydroxylation sites is 1. The van der Waals surface area contributed by atoms with Crippen molar-refractivity contribution in [3.63, 3.8) is 0 Å².